The first-order chi connectivity index (χ1) is 15.4. The lowest BCUT2D eigenvalue weighted by Gasteiger charge is -2.10. The predicted molar refractivity (Wildman–Crippen MR) is 132 cm³/mol. The van der Waals surface area contributed by atoms with Gasteiger partial charge >= 0.3 is 11.9 Å². The van der Waals surface area contributed by atoms with Crippen LogP contribution in [-0.2, 0) is 9.47 Å². The van der Waals surface area contributed by atoms with Crippen LogP contribution in [0.5, 0.6) is 0 Å². The number of esters is 2. The van der Waals surface area contributed by atoms with Gasteiger partial charge in [-0.2, -0.15) is 0 Å². The highest BCUT2D eigenvalue weighted by atomic mass is 16.5. The summed E-state index contributed by atoms with van der Waals surface area (Å²) >= 11 is 0. The molecule has 0 aliphatic heterocycles. The Morgan fingerprint density at radius 3 is 1.31 bits per heavy atom. The van der Waals surface area contributed by atoms with Gasteiger partial charge in [-0.25, -0.2) is 9.59 Å². The van der Waals surface area contributed by atoms with Gasteiger partial charge in [-0.15, -0.1) is 0 Å². The monoisotopic (exact) mass is 446 g/mol. The van der Waals surface area contributed by atoms with E-state index in [9.17, 15) is 9.59 Å². The van der Waals surface area contributed by atoms with Gasteiger partial charge in [0, 0.05) is 0 Å². The first-order valence-corrected chi connectivity index (χ1v) is 12.8. The van der Waals surface area contributed by atoms with E-state index in [1.807, 2.05) is 0 Å². The highest BCUT2D eigenvalue weighted by molar-refractivity contribution is 6.03. The fourth-order valence-corrected chi connectivity index (χ4v) is 3.69. The van der Waals surface area contributed by atoms with Gasteiger partial charge < -0.3 is 9.47 Å². The minimum atomic E-state index is -0.457. The molecule has 1 saturated carbocycles. The predicted octanol–water partition coefficient (Wildman–Crippen LogP) is 7.99. The van der Waals surface area contributed by atoms with Gasteiger partial charge in [0.15, 0.2) is 0 Å². The summed E-state index contributed by atoms with van der Waals surface area (Å²) in [6.45, 7) is 9.47. The van der Waals surface area contributed by atoms with Crippen LogP contribution < -0.4 is 0 Å². The minimum absolute atomic E-state index is 0.281. The van der Waals surface area contributed by atoms with Gasteiger partial charge in [0.2, 0.25) is 0 Å². The zero-order valence-electron chi connectivity index (χ0n) is 21.0. The molecule has 32 heavy (non-hydrogen) atoms. The van der Waals surface area contributed by atoms with Gasteiger partial charge in [-0.1, -0.05) is 91.2 Å². The van der Waals surface area contributed by atoms with E-state index in [1.54, 1.807) is 24.3 Å². The molecule has 0 bridgehead atoms. The van der Waals surface area contributed by atoms with Crippen molar-refractivity contribution < 1.29 is 19.1 Å². The molecule has 1 aromatic carbocycles. The third-order valence-corrected chi connectivity index (χ3v) is 5.68. The molecule has 4 heteroatoms. The van der Waals surface area contributed by atoms with Gasteiger partial charge in [0.05, 0.1) is 24.3 Å². The Balaban J connectivity index is 0.000000730. The smallest absolute Gasteiger partial charge is 0.339 e. The number of hydrogen-bond acceptors (Lipinski definition) is 4. The van der Waals surface area contributed by atoms with Crippen molar-refractivity contribution in [3.8, 4) is 0 Å². The zero-order chi connectivity index (χ0) is 23.6. The molecule has 1 fully saturated rings. The topological polar surface area (TPSA) is 52.6 Å². The normalized spacial score (nSPS) is 13.4. The minimum Gasteiger partial charge on any atom is -0.462 e. The van der Waals surface area contributed by atoms with E-state index in [4.69, 9.17) is 9.47 Å². The van der Waals surface area contributed by atoms with Crippen molar-refractivity contribution in [2.45, 2.75) is 105 Å². The molecule has 1 aromatic rings. The van der Waals surface area contributed by atoms with Crippen molar-refractivity contribution in [3.63, 3.8) is 0 Å². The number of unbranched alkanes of at least 4 members (excludes halogenated alkanes) is 2. The average Bonchev–Trinajstić information content (AvgIpc) is 2.79. The first kappa shape index (κ1) is 28.2. The second-order valence-corrected chi connectivity index (χ2v) is 9.72. The standard InChI is InChI=1S/C22H34O4.C6H12/c1-17(2)11-7-9-15-25-21(23)19-13-5-6-14-20(19)22(24)26-16-10-8-12-18(3)4;1-2-4-6-5-3-1/h5-6,13-14,17-18H,7-12,15-16H2,1-4H3;1-6H2. The fraction of sp³-hybridized carbons (Fsp3) is 0.714. The maximum Gasteiger partial charge on any atom is 0.339 e. The first-order valence-electron chi connectivity index (χ1n) is 12.8. The van der Waals surface area contributed by atoms with Crippen LogP contribution >= 0.6 is 0 Å². The average molecular weight is 447 g/mol. The summed E-state index contributed by atoms with van der Waals surface area (Å²) in [4.78, 5) is 24.6. The Morgan fingerprint density at radius 1 is 0.656 bits per heavy atom. The number of carbonyl (C=O) groups excluding carboxylic acids is 2. The quantitative estimate of drug-likeness (QED) is 0.241. The van der Waals surface area contributed by atoms with Crippen molar-refractivity contribution in [2.75, 3.05) is 13.2 Å². The van der Waals surface area contributed by atoms with Crippen LogP contribution in [0.25, 0.3) is 0 Å². The lowest BCUT2D eigenvalue weighted by atomic mass is 10.0. The molecule has 1 aliphatic rings. The lowest BCUT2D eigenvalue weighted by molar-refractivity contribution is 0.0449. The van der Waals surface area contributed by atoms with Gasteiger partial charge in [-0.05, 0) is 49.7 Å². The molecule has 1 aliphatic carbocycles. The Kier molecular flexibility index (Phi) is 15.6. The Labute approximate surface area is 196 Å². The van der Waals surface area contributed by atoms with Crippen LogP contribution in [0.4, 0.5) is 0 Å². The van der Waals surface area contributed by atoms with Crippen LogP contribution in [0, 0.1) is 11.8 Å². The third kappa shape index (κ3) is 13.5. The van der Waals surface area contributed by atoms with E-state index in [2.05, 4.69) is 27.7 Å². The van der Waals surface area contributed by atoms with E-state index >= 15 is 0 Å². The molecule has 0 saturated heterocycles. The molecule has 0 heterocycles. The number of carbonyl (C=O) groups is 2. The summed E-state index contributed by atoms with van der Waals surface area (Å²) in [5.74, 6) is 0.396. The maximum absolute atomic E-state index is 12.3. The van der Waals surface area contributed by atoms with Gasteiger partial charge in [0.1, 0.15) is 0 Å². The number of hydrogen-bond donors (Lipinski definition) is 0. The van der Waals surface area contributed by atoms with E-state index in [0.29, 0.717) is 25.0 Å². The van der Waals surface area contributed by atoms with Crippen molar-refractivity contribution in [3.05, 3.63) is 35.4 Å². The second kappa shape index (κ2) is 17.7. The molecule has 0 unspecified atom stereocenters. The van der Waals surface area contributed by atoms with Crippen LogP contribution in [0.15, 0.2) is 24.3 Å². The molecule has 2 rings (SSSR count). The largest absolute Gasteiger partial charge is 0.462 e. The Hall–Kier alpha value is -1.84. The maximum atomic E-state index is 12.3. The highest BCUT2D eigenvalue weighted by Crippen LogP contribution is 2.15. The molecule has 0 aromatic heterocycles. The van der Waals surface area contributed by atoms with E-state index in [-0.39, 0.29) is 11.1 Å². The summed E-state index contributed by atoms with van der Waals surface area (Å²) < 4.78 is 10.6. The SMILES string of the molecule is C1CCCCC1.CC(C)CCCCOC(=O)c1ccccc1C(=O)OCCCCC(C)C. The van der Waals surface area contributed by atoms with Gasteiger partial charge in [-0.3, -0.25) is 0 Å². The highest BCUT2D eigenvalue weighted by Gasteiger charge is 2.18. The Bertz CT molecular complexity index is 572. The van der Waals surface area contributed by atoms with Crippen LogP contribution in [0.1, 0.15) is 125 Å². The summed E-state index contributed by atoms with van der Waals surface area (Å²) in [6.07, 6.45) is 15.0. The van der Waals surface area contributed by atoms with Crippen LogP contribution in [0.3, 0.4) is 0 Å². The van der Waals surface area contributed by atoms with Crippen LogP contribution in [0.2, 0.25) is 0 Å². The molecule has 4 nitrogen and oxygen atoms in total. The number of ether oxygens (including phenoxy) is 2. The molecule has 0 radical (unpaired) electrons. The molecule has 182 valence electrons. The van der Waals surface area contributed by atoms with Crippen molar-refractivity contribution in [1.82, 2.24) is 0 Å². The molecule has 0 atom stereocenters. The summed E-state index contributed by atoms with van der Waals surface area (Å²) in [7, 11) is 0. The fourth-order valence-electron chi connectivity index (χ4n) is 3.69. The van der Waals surface area contributed by atoms with Crippen LogP contribution in [-0.4, -0.2) is 25.2 Å². The van der Waals surface area contributed by atoms with E-state index < -0.39 is 11.9 Å². The third-order valence-electron chi connectivity index (χ3n) is 5.68. The van der Waals surface area contributed by atoms with E-state index in [1.165, 1.54) is 38.5 Å². The van der Waals surface area contributed by atoms with Gasteiger partial charge in [0.25, 0.3) is 0 Å². The van der Waals surface area contributed by atoms with Crippen molar-refractivity contribution >= 4 is 11.9 Å². The van der Waals surface area contributed by atoms with Crippen molar-refractivity contribution in [2.24, 2.45) is 11.8 Å². The summed E-state index contributed by atoms with van der Waals surface area (Å²) in [6, 6.07) is 6.70. The molecule has 0 amide bonds. The number of rotatable bonds is 12. The molecular weight excluding hydrogens is 400 g/mol. The molecular formula is C28H46O4. The summed E-state index contributed by atoms with van der Waals surface area (Å²) in [5.41, 5.74) is 0.562. The van der Waals surface area contributed by atoms with E-state index in [0.717, 1.165) is 38.5 Å². The molecule has 0 spiro atoms. The Morgan fingerprint density at radius 2 is 1.00 bits per heavy atom. The molecule has 0 N–H and O–H groups in total. The lowest BCUT2D eigenvalue weighted by Crippen LogP contribution is -2.15. The van der Waals surface area contributed by atoms with Crippen molar-refractivity contribution in [1.29, 1.82) is 0 Å². The second-order valence-electron chi connectivity index (χ2n) is 9.72. The zero-order valence-corrected chi connectivity index (χ0v) is 21.0. The number of benzene rings is 1. The summed E-state index contributed by atoms with van der Waals surface area (Å²) in [5, 5.41) is 0.